The summed E-state index contributed by atoms with van der Waals surface area (Å²) in [4.78, 5) is 12.2. The van der Waals surface area contributed by atoms with E-state index >= 15 is 0 Å². The number of nitrogens with zero attached hydrogens (tertiary/aromatic N) is 2. The van der Waals surface area contributed by atoms with Crippen molar-refractivity contribution in [1.82, 2.24) is 4.57 Å². The summed E-state index contributed by atoms with van der Waals surface area (Å²) in [5, 5.41) is 11.8. The first kappa shape index (κ1) is 22.1. The number of nitrogens with one attached hydrogen (secondary N) is 1. The molecular formula is C23H19F3N4O3. The number of alkyl halides is 3. The Balaban J connectivity index is 1.64. The van der Waals surface area contributed by atoms with Gasteiger partial charge >= 0.3 is 12.5 Å². The van der Waals surface area contributed by atoms with Gasteiger partial charge in [0.1, 0.15) is 18.4 Å². The molecule has 1 amide bonds. The molecule has 0 unspecified atom stereocenters. The van der Waals surface area contributed by atoms with Crippen LogP contribution in [0.1, 0.15) is 28.9 Å². The van der Waals surface area contributed by atoms with Gasteiger partial charge in [-0.2, -0.15) is 5.26 Å². The van der Waals surface area contributed by atoms with Gasteiger partial charge in [0.2, 0.25) is 0 Å². The standard InChI is InChI=1S/C23H19F3N4O3/c24-23(25,26)33-20-11-15(30-18-8-4-7-16(18)21(28)19(30)12-27)9-10-17(20)29-22(31)32-13-14-5-2-1-3-6-14/h1-3,5-6,9-11H,4,7-8,13,28H2,(H,29,31). The zero-order chi connectivity index (χ0) is 23.6. The molecule has 7 nitrogen and oxygen atoms in total. The SMILES string of the molecule is N#Cc1c(N)c2c(n1-c1ccc(NC(=O)OCc3ccccc3)c(OC(F)(F)F)c1)CCC2. The smallest absolute Gasteiger partial charge is 0.444 e. The molecule has 1 aliphatic rings. The average Bonchev–Trinajstić information content (AvgIpc) is 3.35. The molecule has 0 spiro atoms. The van der Waals surface area contributed by atoms with Crippen LogP contribution in [0.4, 0.5) is 29.3 Å². The molecule has 3 aromatic rings. The minimum absolute atomic E-state index is 0.0550. The van der Waals surface area contributed by atoms with Crippen molar-refractivity contribution >= 4 is 17.5 Å². The molecule has 0 bridgehead atoms. The average molecular weight is 456 g/mol. The lowest BCUT2D eigenvalue weighted by atomic mass is 10.2. The Morgan fingerprint density at radius 1 is 1.18 bits per heavy atom. The van der Waals surface area contributed by atoms with Crippen LogP contribution in [0, 0.1) is 11.3 Å². The number of ether oxygens (including phenoxy) is 2. The summed E-state index contributed by atoms with van der Waals surface area (Å²) in [7, 11) is 0. The molecule has 4 rings (SSSR count). The first-order valence-corrected chi connectivity index (χ1v) is 10.1. The number of nitrogen functional groups attached to an aromatic ring is 1. The molecule has 3 N–H and O–H groups in total. The van der Waals surface area contributed by atoms with Gasteiger partial charge in [-0.15, -0.1) is 13.2 Å². The summed E-state index contributed by atoms with van der Waals surface area (Å²) < 4.78 is 50.0. The van der Waals surface area contributed by atoms with Crippen molar-refractivity contribution in [2.24, 2.45) is 0 Å². The summed E-state index contributed by atoms with van der Waals surface area (Å²) >= 11 is 0. The van der Waals surface area contributed by atoms with E-state index in [1.54, 1.807) is 34.9 Å². The van der Waals surface area contributed by atoms with Gasteiger partial charge in [0, 0.05) is 11.8 Å². The van der Waals surface area contributed by atoms with E-state index in [1.807, 2.05) is 6.07 Å². The van der Waals surface area contributed by atoms with E-state index in [9.17, 15) is 23.2 Å². The minimum atomic E-state index is -5.00. The second kappa shape index (κ2) is 8.78. The van der Waals surface area contributed by atoms with Crippen LogP contribution in [0.25, 0.3) is 5.69 Å². The summed E-state index contributed by atoms with van der Waals surface area (Å²) in [5.74, 6) is -0.639. The fourth-order valence-electron chi connectivity index (χ4n) is 3.89. The zero-order valence-electron chi connectivity index (χ0n) is 17.3. The van der Waals surface area contributed by atoms with Gasteiger partial charge in [0.15, 0.2) is 5.75 Å². The monoisotopic (exact) mass is 456 g/mol. The van der Waals surface area contributed by atoms with Crippen LogP contribution in [-0.4, -0.2) is 17.0 Å². The maximum atomic E-state index is 13.1. The number of benzene rings is 2. The molecule has 0 fully saturated rings. The lowest BCUT2D eigenvalue weighted by Gasteiger charge is -2.17. The van der Waals surface area contributed by atoms with E-state index in [1.165, 1.54) is 12.1 Å². The van der Waals surface area contributed by atoms with Crippen LogP contribution >= 0.6 is 0 Å². The third-order valence-electron chi connectivity index (χ3n) is 5.27. The number of hydrogen-bond acceptors (Lipinski definition) is 5. The Hall–Kier alpha value is -4.13. The number of halogens is 3. The molecule has 0 saturated heterocycles. The number of carbonyl (C=O) groups excluding carboxylic acids is 1. The van der Waals surface area contributed by atoms with E-state index in [0.717, 1.165) is 29.3 Å². The summed E-state index contributed by atoms with van der Waals surface area (Å²) in [6.07, 6.45) is -3.77. The molecular weight excluding hydrogens is 437 g/mol. The molecule has 33 heavy (non-hydrogen) atoms. The largest absolute Gasteiger partial charge is 0.573 e. The van der Waals surface area contributed by atoms with Crippen LogP contribution in [-0.2, 0) is 24.2 Å². The first-order chi connectivity index (χ1) is 15.8. The second-order valence-electron chi connectivity index (χ2n) is 7.40. The topological polar surface area (TPSA) is 102 Å². The minimum Gasteiger partial charge on any atom is -0.444 e. The molecule has 170 valence electrons. The van der Waals surface area contributed by atoms with Gasteiger partial charge in [-0.3, -0.25) is 5.32 Å². The highest BCUT2D eigenvalue weighted by Gasteiger charge is 2.33. The fourth-order valence-corrected chi connectivity index (χ4v) is 3.89. The normalized spacial score (nSPS) is 12.7. The first-order valence-electron chi connectivity index (χ1n) is 10.1. The third-order valence-corrected chi connectivity index (χ3v) is 5.27. The maximum absolute atomic E-state index is 13.1. The van der Waals surface area contributed by atoms with Gasteiger partial charge in [-0.05, 0) is 42.5 Å². The van der Waals surface area contributed by atoms with Gasteiger partial charge < -0.3 is 19.8 Å². The lowest BCUT2D eigenvalue weighted by molar-refractivity contribution is -0.274. The molecule has 0 radical (unpaired) electrons. The van der Waals surface area contributed by atoms with Crippen LogP contribution in [0.3, 0.4) is 0 Å². The molecule has 2 aromatic carbocycles. The van der Waals surface area contributed by atoms with E-state index in [4.69, 9.17) is 10.5 Å². The summed E-state index contributed by atoms with van der Waals surface area (Å²) in [5.41, 5.74) is 8.94. The number of fused-ring (bicyclic) bond motifs is 1. The highest BCUT2D eigenvalue weighted by atomic mass is 19.4. The highest BCUT2D eigenvalue weighted by molar-refractivity contribution is 5.87. The van der Waals surface area contributed by atoms with Gasteiger partial charge in [0.05, 0.1) is 17.1 Å². The van der Waals surface area contributed by atoms with Gasteiger partial charge in [0.25, 0.3) is 0 Å². The highest BCUT2D eigenvalue weighted by Crippen LogP contribution is 2.38. The van der Waals surface area contributed by atoms with Crippen LogP contribution < -0.4 is 15.8 Å². The van der Waals surface area contributed by atoms with Gasteiger partial charge in [-0.25, -0.2) is 4.79 Å². The lowest BCUT2D eigenvalue weighted by Crippen LogP contribution is -2.20. The van der Waals surface area contributed by atoms with Crippen molar-refractivity contribution in [1.29, 1.82) is 5.26 Å². The Morgan fingerprint density at radius 3 is 2.64 bits per heavy atom. The number of nitriles is 1. The number of aromatic nitrogens is 1. The van der Waals surface area contributed by atoms with E-state index in [2.05, 4.69) is 10.1 Å². The Kier molecular flexibility index (Phi) is 5.87. The number of carbonyl (C=O) groups is 1. The van der Waals surface area contributed by atoms with Crippen molar-refractivity contribution < 1.29 is 27.4 Å². The molecule has 1 aliphatic carbocycles. The van der Waals surface area contributed by atoms with Crippen molar-refractivity contribution in [2.45, 2.75) is 32.2 Å². The molecule has 0 atom stereocenters. The Labute approximate surface area is 187 Å². The second-order valence-corrected chi connectivity index (χ2v) is 7.40. The number of nitrogens with two attached hydrogens (primary N) is 1. The van der Waals surface area contributed by atoms with E-state index < -0.39 is 18.2 Å². The predicted octanol–water partition coefficient (Wildman–Crippen LogP) is 5.07. The molecule has 0 saturated carbocycles. The number of hydrogen-bond donors (Lipinski definition) is 2. The van der Waals surface area contributed by atoms with Crippen LogP contribution in [0.2, 0.25) is 0 Å². The zero-order valence-corrected chi connectivity index (χ0v) is 17.3. The van der Waals surface area contributed by atoms with E-state index in [0.29, 0.717) is 18.5 Å². The van der Waals surface area contributed by atoms with Gasteiger partial charge in [-0.1, -0.05) is 30.3 Å². The number of anilines is 2. The third kappa shape index (κ3) is 4.72. The Morgan fingerprint density at radius 2 is 1.94 bits per heavy atom. The van der Waals surface area contributed by atoms with Crippen LogP contribution in [0.15, 0.2) is 48.5 Å². The molecule has 1 aromatic heterocycles. The van der Waals surface area contributed by atoms with Crippen LogP contribution in [0.5, 0.6) is 5.75 Å². The number of rotatable bonds is 5. The van der Waals surface area contributed by atoms with E-state index in [-0.39, 0.29) is 23.7 Å². The van der Waals surface area contributed by atoms with Crippen molar-refractivity contribution in [3.05, 3.63) is 71.0 Å². The quantitative estimate of drug-likeness (QED) is 0.558. The summed E-state index contributed by atoms with van der Waals surface area (Å²) in [6.45, 7) is -0.0550. The van der Waals surface area contributed by atoms with Crippen molar-refractivity contribution in [3.63, 3.8) is 0 Å². The molecule has 1 heterocycles. The summed E-state index contributed by atoms with van der Waals surface area (Å²) in [6, 6.07) is 14.7. The number of amides is 1. The predicted molar refractivity (Wildman–Crippen MR) is 114 cm³/mol. The van der Waals surface area contributed by atoms with Crippen molar-refractivity contribution in [2.75, 3.05) is 11.1 Å². The van der Waals surface area contributed by atoms with Crippen molar-refractivity contribution in [3.8, 4) is 17.5 Å². The fraction of sp³-hybridized carbons (Fsp3) is 0.217. The maximum Gasteiger partial charge on any atom is 0.573 e. The molecule has 0 aliphatic heterocycles. The molecule has 10 heteroatoms. The Bertz CT molecular complexity index is 1230.